The van der Waals surface area contributed by atoms with Crippen molar-refractivity contribution in [3.05, 3.63) is 57.5 Å². The number of carboxylic acids is 1. The summed E-state index contributed by atoms with van der Waals surface area (Å²) in [5.41, 5.74) is 1.55. The smallest absolute Gasteiger partial charge is 0.360 e. The van der Waals surface area contributed by atoms with Gasteiger partial charge in [0.15, 0.2) is 0 Å². The lowest BCUT2D eigenvalue weighted by molar-refractivity contribution is 0.0686. The topological polar surface area (TPSA) is 72.2 Å². The standard InChI is InChI=1S/C16H18N2O3/c1-3-4-5-12-6-8-13(9-7-12)18-11(2)10-14(19)15(17-18)16(20)21/h6-10H,3-5H2,1-2H3,(H,20,21). The van der Waals surface area contributed by atoms with Crippen LogP contribution in [0.5, 0.6) is 0 Å². The van der Waals surface area contributed by atoms with E-state index in [1.807, 2.05) is 24.3 Å². The van der Waals surface area contributed by atoms with Crippen molar-refractivity contribution in [2.45, 2.75) is 33.1 Å². The Morgan fingerprint density at radius 1 is 1.29 bits per heavy atom. The van der Waals surface area contributed by atoms with E-state index < -0.39 is 17.1 Å². The van der Waals surface area contributed by atoms with Gasteiger partial charge in [0, 0.05) is 11.8 Å². The summed E-state index contributed by atoms with van der Waals surface area (Å²) in [5, 5.41) is 12.9. The summed E-state index contributed by atoms with van der Waals surface area (Å²) in [4.78, 5) is 22.6. The second-order valence-corrected chi connectivity index (χ2v) is 4.99. The van der Waals surface area contributed by atoms with Gasteiger partial charge in [-0.3, -0.25) is 4.79 Å². The van der Waals surface area contributed by atoms with Crippen LogP contribution in [-0.2, 0) is 6.42 Å². The molecule has 1 N–H and O–H groups in total. The molecule has 2 aromatic rings. The third-order valence-electron chi connectivity index (χ3n) is 3.31. The van der Waals surface area contributed by atoms with E-state index in [4.69, 9.17) is 5.11 Å². The van der Waals surface area contributed by atoms with Crippen LogP contribution < -0.4 is 5.43 Å². The number of benzene rings is 1. The first-order valence-electron chi connectivity index (χ1n) is 6.96. The van der Waals surface area contributed by atoms with Crippen LogP contribution in [0.1, 0.15) is 41.5 Å². The zero-order valence-corrected chi connectivity index (χ0v) is 12.2. The van der Waals surface area contributed by atoms with Crippen molar-refractivity contribution < 1.29 is 9.90 Å². The van der Waals surface area contributed by atoms with Crippen LogP contribution >= 0.6 is 0 Å². The van der Waals surface area contributed by atoms with E-state index >= 15 is 0 Å². The molecule has 0 saturated carbocycles. The Kier molecular flexibility index (Phi) is 4.52. The highest BCUT2D eigenvalue weighted by Gasteiger charge is 2.13. The fourth-order valence-electron chi connectivity index (χ4n) is 2.14. The molecule has 0 atom stereocenters. The number of unbranched alkanes of at least 4 members (excludes halogenated alkanes) is 1. The first kappa shape index (κ1) is 15.0. The van der Waals surface area contributed by atoms with Crippen molar-refractivity contribution in [2.75, 3.05) is 0 Å². The van der Waals surface area contributed by atoms with Gasteiger partial charge >= 0.3 is 5.97 Å². The molecule has 0 aliphatic rings. The van der Waals surface area contributed by atoms with Crippen molar-refractivity contribution in [3.63, 3.8) is 0 Å². The molecule has 0 amide bonds. The summed E-state index contributed by atoms with van der Waals surface area (Å²) >= 11 is 0. The summed E-state index contributed by atoms with van der Waals surface area (Å²) in [5.74, 6) is -1.31. The molecule has 0 aliphatic carbocycles. The Bertz CT molecular complexity index is 702. The third kappa shape index (κ3) is 3.37. The molecule has 0 fully saturated rings. The Balaban J connectivity index is 2.39. The molecule has 0 bridgehead atoms. The molecular formula is C16H18N2O3. The molecule has 1 aromatic carbocycles. The largest absolute Gasteiger partial charge is 0.476 e. The van der Waals surface area contributed by atoms with Gasteiger partial charge in [0.1, 0.15) is 0 Å². The number of carbonyl (C=O) groups is 1. The monoisotopic (exact) mass is 286 g/mol. The van der Waals surface area contributed by atoms with Gasteiger partial charge in [-0.15, -0.1) is 0 Å². The summed E-state index contributed by atoms with van der Waals surface area (Å²) in [6.07, 6.45) is 3.30. The van der Waals surface area contributed by atoms with Crippen LogP contribution in [-0.4, -0.2) is 20.9 Å². The van der Waals surface area contributed by atoms with Gasteiger partial charge in [-0.2, -0.15) is 5.10 Å². The van der Waals surface area contributed by atoms with Crippen molar-refractivity contribution in [1.29, 1.82) is 0 Å². The summed E-state index contributed by atoms with van der Waals surface area (Å²) in [6, 6.07) is 9.08. The summed E-state index contributed by atoms with van der Waals surface area (Å²) in [7, 11) is 0. The molecule has 1 heterocycles. The van der Waals surface area contributed by atoms with E-state index in [-0.39, 0.29) is 0 Å². The maximum absolute atomic E-state index is 11.6. The van der Waals surface area contributed by atoms with E-state index in [1.54, 1.807) is 6.92 Å². The number of nitrogens with zero attached hydrogens (tertiary/aromatic N) is 2. The highest BCUT2D eigenvalue weighted by atomic mass is 16.4. The predicted octanol–water partition coefficient (Wildman–Crippen LogP) is 2.58. The van der Waals surface area contributed by atoms with Gasteiger partial charge in [0.2, 0.25) is 11.1 Å². The van der Waals surface area contributed by atoms with Crippen molar-refractivity contribution in [3.8, 4) is 5.69 Å². The van der Waals surface area contributed by atoms with Gasteiger partial charge in [-0.05, 0) is 37.5 Å². The maximum atomic E-state index is 11.6. The van der Waals surface area contributed by atoms with Crippen LogP contribution in [0.2, 0.25) is 0 Å². The molecular weight excluding hydrogens is 268 g/mol. The van der Waals surface area contributed by atoms with E-state index in [2.05, 4.69) is 12.0 Å². The number of aryl methyl sites for hydroxylation is 2. The Morgan fingerprint density at radius 3 is 2.52 bits per heavy atom. The minimum atomic E-state index is -1.31. The minimum absolute atomic E-state index is 0.462. The SMILES string of the molecule is CCCCc1ccc(-n2nc(C(=O)O)c(=O)cc2C)cc1. The Labute approximate surface area is 122 Å². The van der Waals surface area contributed by atoms with E-state index in [1.165, 1.54) is 16.3 Å². The number of aromatic carboxylic acids is 1. The number of hydrogen-bond acceptors (Lipinski definition) is 3. The van der Waals surface area contributed by atoms with Gasteiger partial charge in [-0.25, -0.2) is 9.48 Å². The fourth-order valence-corrected chi connectivity index (χ4v) is 2.14. The highest BCUT2D eigenvalue weighted by Crippen LogP contribution is 2.12. The molecule has 0 spiro atoms. The number of hydrogen-bond donors (Lipinski definition) is 1. The Hall–Kier alpha value is -2.43. The second-order valence-electron chi connectivity index (χ2n) is 4.99. The predicted molar refractivity (Wildman–Crippen MR) is 80.1 cm³/mol. The van der Waals surface area contributed by atoms with Crippen LogP contribution in [0, 0.1) is 6.92 Å². The third-order valence-corrected chi connectivity index (χ3v) is 3.31. The average molecular weight is 286 g/mol. The molecule has 2 rings (SSSR count). The van der Waals surface area contributed by atoms with Gasteiger partial charge < -0.3 is 5.11 Å². The molecule has 21 heavy (non-hydrogen) atoms. The Morgan fingerprint density at radius 2 is 1.95 bits per heavy atom. The van der Waals surface area contributed by atoms with Gasteiger partial charge in [0.25, 0.3) is 0 Å². The molecule has 5 nitrogen and oxygen atoms in total. The molecule has 0 radical (unpaired) electrons. The van der Waals surface area contributed by atoms with Crippen LogP contribution in [0.4, 0.5) is 0 Å². The van der Waals surface area contributed by atoms with E-state index in [0.717, 1.165) is 24.9 Å². The van der Waals surface area contributed by atoms with E-state index in [0.29, 0.717) is 5.69 Å². The zero-order valence-electron chi connectivity index (χ0n) is 12.2. The van der Waals surface area contributed by atoms with Gasteiger partial charge in [-0.1, -0.05) is 25.5 Å². The first-order chi connectivity index (χ1) is 10.0. The normalized spacial score (nSPS) is 10.6. The molecule has 0 saturated heterocycles. The maximum Gasteiger partial charge on any atom is 0.360 e. The number of aromatic nitrogens is 2. The minimum Gasteiger partial charge on any atom is -0.476 e. The lowest BCUT2D eigenvalue weighted by atomic mass is 10.1. The fraction of sp³-hybridized carbons (Fsp3) is 0.312. The molecule has 0 aliphatic heterocycles. The second kappa shape index (κ2) is 6.35. The number of carboxylic acid groups (broad SMARTS) is 1. The lowest BCUT2D eigenvalue weighted by Gasteiger charge is -2.10. The average Bonchev–Trinajstić information content (AvgIpc) is 2.45. The molecule has 110 valence electrons. The van der Waals surface area contributed by atoms with Crippen molar-refractivity contribution in [2.24, 2.45) is 0 Å². The van der Waals surface area contributed by atoms with Crippen LogP contribution in [0.25, 0.3) is 5.69 Å². The lowest BCUT2D eigenvalue weighted by Crippen LogP contribution is -2.22. The van der Waals surface area contributed by atoms with Crippen LogP contribution in [0.15, 0.2) is 35.1 Å². The summed E-state index contributed by atoms with van der Waals surface area (Å²) in [6.45, 7) is 3.88. The van der Waals surface area contributed by atoms with E-state index in [9.17, 15) is 9.59 Å². The van der Waals surface area contributed by atoms with Gasteiger partial charge in [0.05, 0.1) is 5.69 Å². The van der Waals surface area contributed by atoms with Crippen molar-refractivity contribution in [1.82, 2.24) is 9.78 Å². The zero-order chi connectivity index (χ0) is 15.4. The molecule has 1 aromatic heterocycles. The molecule has 5 heteroatoms. The quantitative estimate of drug-likeness (QED) is 0.917. The first-order valence-corrected chi connectivity index (χ1v) is 6.96. The number of rotatable bonds is 5. The van der Waals surface area contributed by atoms with Crippen LogP contribution in [0.3, 0.4) is 0 Å². The summed E-state index contributed by atoms with van der Waals surface area (Å²) < 4.78 is 1.48. The van der Waals surface area contributed by atoms with Crippen molar-refractivity contribution >= 4 is 5.97 Å². The highest BCUT2D eigenvalue weighted by molar-refractivity contribution is 5.84. The molecule has 0 unspecified atom stereocenters.